The minimum absolute atomic E-state index is 0.117. The van der Waals surface area contributed by atoms with Crippen molar-refractivity contribution in [3.8, 4) is 0 Å². The fourth-order valence-corrected chi connectivity index (χ4v) is 3.49. The number of carbonyl (C=O) groups is 2. The molecule has 6 nitrogen and oxygen atoms in total. The zero-order valence-electron chi connectivity index (χ0n) is 15.9. The van der Waals surface area contributed by atoms with Crippen LogP contribution in [0.5, 0.6) is 0 Å². The highest BCUT2D eigenvalue weighted by Gasteiger charge is 2.15. The van der Waals surface area contributed by atoms with Crippen molar-refractivity contribution < 1.29 is 9.59 Å². The lowest BCUT2D eigenvalue weighted by atomic mass is 10.1. The summed E-state index contributed by atoms with van der Waals surface area (Å²) in [5.74, 6) is -0.333. The van der Waals surface area contributed by atoms with E-state index in [9.17, 15) is 9.59 Å². The van der Waals surface area contributed by atoms with Crippen molar-refractivity contribution >= 4 is 46.2 Å². The molecule has 0 atom stereocenters. The maximum absolute atomic E-state index is 12.4. The van der Waals surface area contributed by atoms with E-state index >= 15 is 0 Å². The van der Waals surface area contributed by atoms with E-state index in [2.05, 4.69) is 20.9 Å². The van der Waals surface area contributed by atoms with Gasteiger partial charge in [0.25, 0.3) is 0 Å². The van der Waals surface area contributed by atoms with E-state index in [4.69, 9.17) is 11.6 Å². The molecular weight excluding hydrogens is 376 g/mol. The van der Waals surface area contributed by atoms with Gasteiger partial charge in [-0.05, 0) is 55.7 Å². The number of piperidine rings is 1. The van der Waals surface area contributed by atoms with Crippen LogP contribution in [-0.4, -0.2) is 31.4 Å². The number of hydrogen-bond acceptors (Lipinski definition) is 4. The van der Waals surface area contributed by atoms with Crippen LogP contribution in [0.3, 0.4) is 0 Å². The molecule has 2 aromatic rings. The lowest BCUT2D eigenvalue weighted by molar-refractivity contribution is -0.115. The summed E-state index contributed by atoms with van der Waals surface area (Å²) in [5.41, 5.74) is 3.20. The summed E-state index contributed by atoms with van der Waals surface area (Å²) in [5, 5.41) is 9.38. The van der Waals surface area contributed by atoms with Crippen LogP contribution in [0, 0.1) is 0 Å². The zero-order chi connectivity index (χ0) is 19.9. The molecule has 3 rings (SSSR count). The molecule has 0 unspecified atom stereocenters. The molecule has 1 saturated heterocycles. The van der Waals surface area contributed by atoms with Gasteiger partial charge in [0.1, 0.15) is 0 Å². The summed E-state index contributed by atoms with van der Waals surface area (Å²) in [6.45, 7) is 3.59. The maximum atomic E-state index is 12.4. The second-order valence-electron chi connectivity index (χ2n) is 6.87. The average molecular weight is 401 g/mol. The van der Waals surface area contributed by atoms with Gasteiger partial charge in [0.2, 0.25) is 11.8 Å². The largest absolute Gasteiger partial charge is 0.374 e. The van der Waals surface area contributed by atoms with E-state index < -0.39 is 0 Å². The number of anilines is 4. The number of nitrogens with zero attached hydrogens (tertiary/aromatic N) is 1. The lowest BCUT2D eigenvalue weighted by Crippen LogP contribution is -2.30. The number of carbonyl (C=O) groups excluding carboxylic acids is 2. The molecule has 7 heteroatoms. The van der Waals surface area contributed by atoms with Gasteiger partial charge in [0.05, 0.1) is 17.9 Å². The smallest absolute Gasteiger partial charge is 0.243 e. The molecule has 3 N–H and O–H groups in total. The molecule has 0 aromatic heterocycles. The van der Waals surface area contributed by atoms with Crippen molar-refractivity contribution in [2.24, 2.45) is 0 Å². The summed E-state index contributed by atoms with van der Waals surface area (Å²) in [4.78, 5) is 25.9. The van der Waals surface area contributed by atoms with E-state index in [0.29, 0.717) is 16.4 Å². The molecule has 2 aromatic carbocycles. The van der Waals surface area contributed by atoms with Crippen LogP contribution in [-0.2, 0) is 9.59 Å². The molecule has 28 heavy (non-hydrogen) atoms. The highest BCUT2D eigenvalue weighted by Crippen LogP contribution is 2.31. The Morgan fingerprint density at radius 3 is 2.43 bits per heavy atom. The normalized spacial score (nSPS) is 13.7. The van der Waals surface area contributed by atoms with Gasteiger partial charge in [0, 0.05) is 36.4 Å². The Labute approximate surface area is 170 Å². The fraction of sp³-hybridized carbons (Fsp3) is 0.333. The number of nitrogens with one attached hydrogen (secondary N) is 3. The fourth-order valence-electron chi connectivity index (χ4n) is 3.32. The first-order valence-electron chi connectivity index (χ1n) is 9.47. The number of hydrogen-bond donors (Lipinski definition) is 3. The molecule has 1 aliphatic rings. The monoisotopic (exact) mass is 400 g/mol. The zero-order valence-corrected chi connectivity index (χ0v) is 16.7. The second-order valence-corrected chi connectivity index (χ2v) is 7.31. The molecule has 0 saturated carbocycles. The SMILES string of the molecule is CC(=O)Nc1cccc(NC(=O)CNc2cc(Cl)ccc2N2CCCCC2)c1. The Bertz CT molecular complexity index is 850. The molecule has 1 fully saturated rings. The topological polar surface area (TPSA) is 73.5 Å². The van der Waals surface area contributed by atoms with Crippen LogP contribution in [0.1, 0.15) is 26.2 Å². The van der Waals surface area contributed by atoms with E-state index in [1.807, 2.05) is 18.2 Å². The maximum Gasteiger partial charge on any atom is 0.243 e. The molecule has 0 radical (unpaired) electrons. The Morgan fingerprint density at radius 1 is 1.00 bits per heavy atom. The molecule has 0 spiro atoms. The quantitative estimate of drug-likeness (QED) is 0.674. The third kappa shape index (κ3) is 5.63. The molecule has 0 aliphatic carbocycles. The first-order chi connectivity index (χ1) is 13.5. The Morgan fingerprint density at radius 2 is 1.71 bits per heavy atom. The van der Waals surface area contributed by atoms with Gasteiger partial charge in [-0.1, -0.05) is 17.7 Å². The minimum atomic E-state index is -0.176. The molecule has 2 amide bonds. The molecule has 1 aliphatic heterocycles. The van der Waals surface area contributed by atoms with E-state index in [1.54, 1.807) is 24.3 Å². The van der Waals surface area contributed by atoms with Crippen LogP contribution < -0.4 is 20.9 Å². The van der Waals surface area contributed by atoms with Gasteiger partial charge >= 0.3 is 0 Å². The molecule has 1 heterocycles. The summed E-state index contributed by atoms with van der Waals surface area (Å²) in [7, 11) is 0. The van der Waals surface area contributed by atoms with Crippen molar-refractivity contribution in [3.63, 3.8) is 0 Å². The van der Waals surface area contributed by atoms with Gasteiger partial charge in [-0.15, -0.1) is 0 Å². The van der Waals surface area contributed by atoms with Crippen molar-refractivity contribution in [3.05, 3.63) is 47.5 Å². The molecular formula is C21H25ClN4O2. The van der Waals surface area contributed by atoms with Crippen molar-refractivity contribution in [1.29, 1.82) is 0 Å². The number of benzene rings is 2. The summed E-state index contributed by atoms with van der Waals surface area (Å²) >= 11 is 6.17. The Hall–Kier alpha value is -2.73. The predicted octanol–water partition coefficient (Wildman–Crippen LogP) is 4.34. The van der Waals surface area contributed by atoms with E-state index in [-0.39, 0.29) is 18.4 Å². The van der Waals surface area contributed by atoms with Gasteiger partial charge in [-0.25, -0.2) is 0 Å². The van der Waals surface area contributed by atoms with Gasteiger partial charge in [-0.2, -0.15) is 0 Å². The van der Waals surface area contributed by atoms with Crippen LogP contribution in [0.15, 0.2) is 42.5 Å². The third-order valence-electron chi connectivity index (χ3n) is 4.56. The lowest BCUT2D eigenvalue weighted by Gasteiger charge is -2.30. The summed E-state index contributed by atoms with van der Waals surface area (Å²) in [6.07, 6.45) is 3.60. The average Bonchev–Trinajstić information content (AvgIpc) is 2.67. The second kappa shape index (κ2) is 9.46. The van der Waals surface area contributed by atoms with E-state index in [1.165, 1.54) is 26.2 Å². The molecule has 148 valence electrons. The predicted molar refractivity (Wildman–Crippen MR) is 115 cm³/mol. The highest BCUT2D eigenvalue weighted by molar-refractivity contribution is 6.31. The van der Waals surface area contributed by atoms with Crippen molar-refractivity contribution in [2.75, 3.05) is 40.5 Å². The first kappa shape index (κ1) is 20.0. The first-order valence-corrected chi connectivity index (χ1v) is 9.85. The summed E-state index contributed by atoms with van der Waals surface area (Å²) in [6, 6.07) is 12.8. The third-order valence-corrected chi connectivity index (χ3v) is 4.80. The summed E-state index contributed by atoms with van der Waals surface area (Å²) < 4.78 is 0. The van der Waals surface area contributed by atoms with Gasteiger partial charge < -0.3 is 20.9 Å². The Balaban J connectivity index is 1.63. The number of amides is 2. The highest BCUT2D eigenvalue weighted by atomic mass is 35.5. The minimum Gasteiger partial charge on any atom is -0.374 e. The van der Waals surface area contributed by atoms with E-state index in [0.717, 1.165) is 24.5 Å². The van der Waals surface area contributed by atoms with Crippen molar-refractivity contribution in [2.45, 2.75) is 26.2 Å². The van der Waals surface area contributed by atoms with Crippen LogP contribution in [0.4, 0.5) is 22.7 Å². The molecule has 0 bridgehead atoms. The van der Waals surface area contributed by atoms with Crippen LogP contribution in [0.2, 0.25) is 5.02 Å². The Kier molecular flexibility index (Phi) is 6.76. The number of halogens is 1. The van der Waals surface area contributed by atoms with Crippen LogP contribution in [0.25, 0.3) is 0 Å². The van der Waals surface area contributed by atoms with Gasteiger partial charge in [-0.3, -0.25) is 9.59 Å². The van der Waals surface area contributed by atoms with Crippen molar-refractivity contribution in [1.82, 2.24) is 0 Å². The standard InChI is InChI=1S/C21H25ClN4O2/c1-15(27)24-17-6-5-7-18(13-17)25-21(28)14-23-19-12-16(22)8-9-20(19)26-10-3-2-4-11-26/h5-9,12-13,23H,2-4,10-11,14H2,1H3,(H,24,27)(H,25,28). The van der Waals surface area contributed by atoms with Crippen LogP contribution >= 0.6 is 11.6 Å². The number of rotatable bonds is 6. The van der Waals surface area contributed by atoms with Gasteiger partial charge in [0.15, 0.2) is 0 Å².